The molecule has 0 heterocycles. The minimum atomic E-state index is -3.97. The van der Waals surface area contributed by atoms with Crippen LogP contribution in [0.3, 0.4) is 0 Å². The molecular weight excluding hydrogens is 300 g/mol. The van der Waals surface area contributed by atoms with Crippen LogP contribution in [0.15, 0.2) is 23.1 Å². The Balaban J connectivity index is 2.52. The predicted octanol–water partition coefficient (Wildman–Crippen LogP) is 1.89. The molecule has 0 aromatic heterocycles. The lowest BCUT2D eigenvalue weighted by molar-refractivity contribution is 0.147. The average molecular weight is 314 g/mol. The fourth-order valence-corrected chi connectivity index (χ4v) is 2.55. The molecule has 0 unspecified atom stereocenters. The molecule has 1 aromatic rings. The van der Waals surface area contributed by atoms with Crippen LogP contribution >= 0.6 is 11.6 Å². The van der Waals surface area contributed by atoms with Gasteiger partial charge in [0.15, 0.2) is 0 Å². The van der Waals surface area contributed by atoms with Gasteiger partial charge in [-0.1, -0.05) is 0 Å². The van der Waals surface area contributed by atoms with Gasteiger partial charge in [0.1, 0.15) is 16.5 Å². The van der Waals surface area contributed by atoms with Gasteiger partial charge in [0, 0.05) is 25.1 Å². The normalized spacial score (nSPS) is 11.7. The molecule has 0 bridgehead atoms. The summed E-state index contributed by atoms with van der Waals surface area (Å²) in [6, 6.07) is 2.30. The highest BCUT2D eigenvalue weighted by Crippen LogP contribution is 2.15. The molecule has 0 aliphatic rings. The van der Waals surface area contributed by atoms with Crippen LogP contribution in [-0.2, 0) is 14.8 Å². The first-order chi connectivity index (χ1) is 8.97. The van der Waals surface area contributed by atoms with Crippen LogP contribution in [0.4, 0.5) is 8.78 Å². The van der Waals surface area contributed by atoms with E-state index in [2.05, 4.69) is 4.72 Å². The molecule has 0 aliphatic heterocycles. The Bertz CT molecular complexity index is 511. The second-order valence-electron chi connectivity index (χ2n) is 3.63. The molecule has 0 atom stereocenters. The van der Waals surface area contributed by atoms with Gasteiger partial charge in [0.25, 0.3) is 0 Å². The van der Waals surface area contributed by atoms with Gasteiger partial charge in [-0.05, 0) is 18.6 Å². The number of halogens is 3. The van der Waals surface area contributed by atoms with E-state index in [1.807, 2.05) is 0 Å². The summed E-state index contributed by atoms with van der Waals surface area (Å²) in [6.07, 6.45) is 0.429. The van der Waals surface area contributed by atoms with Gasteiger partial charge < -0.3 is 4.74 Å². The maximum atomic E-state index is 13.3. The minimum Gasteiger partial charge on any atom is -0.380 e. The number of hydrogen-bond donors (Lipinski definition) is 1. The molecule has 8 heteroatoms. The lowest BCUT2D eigenvalue weighted by atomic mass is 10.3. The maximum absolute atomic E-state index is 13.3. The van der Waals surface area contributed by atoms with Crippen molar-refractivity contribution in [3.05, 3.63) is 29.8 Å². The minimum absolute atomic E-state index is 0.0986. The van der Waals surface area contributed by atoms with E-state index >= 15 is 0 Å². The summed E-state index contributed by atoms with van der Waals surface area (Å²) >= 11 is 5.39. The van der Waals surface area contributed by atoms with Gasteiger partial charge in [-0.3, -0.25) is 0 Å². The third kappa shape index (κ3) is 5.40. The van der Waals surface area contributed by atoms with Gasteiger partial charge in [-0.2, -0.15) is 0 Å². The average Bonchev–Trinajstić information content (AvgIpc) is 2.33. The van der Waals surface area contributed by atoms with Crippen molar-refractivity contribution < 1.29 is 21.9 Å². The number of nitrogens with one attached hydrogen (secondary N) is 1. The Kier molecular flexibility index (Phi) is 6.64. The molecule has 0 saturated carbocycles. The zero-order valence-electron chi connectivity index (χ0n) is 10.0. The Hall–Kier alpha value is -0.760. The fourth-order valence-electron chi connectivity index (χ4n) is 1.31. The molecule has 0 spiro atoms. The molecule has 0 aliphatic carbocycles. The quantitative estimate of drug-likeness (QED) is 0.589. The van der Waals surface area contributed by atoms with Gasteiger partial charge in [0.2, 0.25) is 10.0 Å². The molecule has 19 heavy (non-hydrogen) atoms. The SMILES string of the molecule is O=S(=O)(NCCCOCCCl)c1ccc(F)cc1F. The van der Waals surface area contributed by atoms with Crippen LogP contribution in [-0.4, -0.2) is 34.1 Å². The first-order valence-electron chi connectivity index (χ1n) is 5.56. The van der Waals surface area contributed by atoms with Crippen molar-refractivity contribution in [2.45, 2.75) is 11.3 Å². The number of benzene rings is 1. The van der Waals surface area contributed by atoms with E-state index in [0.717, 1.165) is 12.1 Å². The van der Waals surface area contributed by atoms with Gasteiger partial charge in [-0.15, -0.1) is 11.6 Å². The number of hydrogen-bond acceptors (Lipinski definition) is 3. The predicted molar refractivity (Wildman–Crippen MR) is 67.7 cm³/mol. The molecule has 0 saturated heterocycles. The number of sulfonamides is 1. The van der Waals surface area contributed by atoms with Crippen molar-refractivity contribution in [1.29, 1.82) is 0 Å². The molecule has 108 valence electrons. The highest BCUT2D eigenvalue weighted by atomic mass is 35.5. The molecule has 0 amide bonds. The standard InChI is InChI=1S/C11H14ClF2NO3S/c12-4-7-18-6-1-5-15-19(16,17)11-3-2-9(13)8-10(11)14/h2-3,8,15H,1,4-7H2. The van der Waals surface area contributed by atoms with Gasteiger partial charge >= 0.3 is 0 Å². The molecule has 1 rings (SSSR count). The zero-order chi connectivity index (χ0) is 14.3. The molecule has 0 fully saturated rings. The summed E-state index contributed by atoms with van der Waals surface area (Å²) in [5.41, 5.74) is 0. The summed E-state index contributed by atoms with van der Waals surface area (Å²) < 4.78 is 56.7. The fraction of sp³-hybridized carbons (Fsp3) is 0.455. The van der Waals surface area contributed by atoms with Crippen LogP contribution in [0.2, 0.25) is 0 Å². The Morgan fingerprint density at radius 2 is 2.00 bits per heavy atom. The number of alkyl halides is 1. The summed E-state index contributed by atoms with van der Waals surface area (Å²) in [7, 11) is -3.97. The van der Waals surface area contributed by atoms with E-state index < -0.39 is 26.6 Å². The summed E-state index contributed by atoms with van der Waals surface area (Å²) in [6.45, 7) is 0.837. The Morgan fingerprint density at radius 1 is 1.26 bits per heavy atom. The first kappa shape index (κ1) is 16.3. The highest BCUT2D eigenvalue weighted by molar-refractivity contribution is 7.89. The number of rotatable bonds is 8. The van der Waals surface area contributed by atoms with Crippen molar-refractivity contribution in [3.8, 4) is 0 Å². The van der Waals surface area contributed by atoms with Gasteiger partial charge in [-0.25, -0.2) is 21.9 Å². The third-order valence-electron chi connectivity index (χ3n) is 2.16. The molecule has 1 aromatic carbocycles. The summed E-state index contributed by atoms with van der Waals surface area (Å²) in [4.78, 5) is -0.574. The molecule has 0 radical (unpaired) electrons. The largest absolute Gasteiger partial charge is 0.380 e. The van der Waals surface area contributed by atoms with E-state index in [0.29, 0.717) is 31.6 Å². The lowest BCUT2D eigenvalue weighted by Crippen LogP contribution is -2.26. The first-order valence-corrected chi connectivity index (χ1v) is 7.57. The van der Waals surface area contributed by atoms with Crippen LogP contribution < -0.4 is 4.72 Å². The number of ether oxygens (including phenoxy) is 1. The topological polar surface area (TPSA) is 55.4 Å². The third-order valence-corrected chi connectivity index (χ3v) is 3.81. The second kappa shape index (κ2) is 7.74. The van der Waals surface area contributed by atoms with Crippen LogP contribution in [0.5, 0.6) is 0 Å². The van der Waals surface area contributed by atoms with Crippen LogP contribution in [0.1, 0.15) is 6.42 Å². The summed E-state index contributed by atoms with van der Waals surface area (Å²) in [5, 5.41) is 0. The summed E-state index contributed by atoms with van der Waals surface area (Å²) in [5.74, 6) is -1.58. The van der Waals surface area contributed by atoms with Crippen molar-refractivity contribution in [3.63, 3.8) is 0 Å². The molecule has 4 nitrogen and oxygen atoms in total. The van der Waals surface area contributed by atoms with E-state index in [1.54, 1.807) is 0 Å². The van der Waals surface area contributed by atoms with Crippen molar-refractivity contribution in [2.24, 2.45) is 0 Å². The maximum Gasteiger partial charge on any atom is 0.243 e. The van der Waals surface area contributed by atoms with E-state index in [1.165, 1.54) is 0 Å². The van der Waals surface area contributed by atoms with E-state index in [9.17, 15) is 17.2 Å². The smallest absolute Gasteiger partial charge is 0.243 e. The zero-order valence-corrected chi connectivity index (χ0v) is 11.6. The Morgan fingerprint density at radius 3 is 2.63 bits per heavy atom. The van der Waals surface area contributed by atoms with Gasteiger partial charge in [0.05, 0.1) is 6.61 Å². The van der Waals surface area contributed by atoms with Crippen LogP contribution in [0, 0.1) is 11.6 Å². The monoisotopic (exact) mass is 313 g/mol. The lowest BCUT2D eigenvalue weighted by Gasteiger charge is -2.07. The van der Waals surface area contributed by atoms with Crippen molar-refractivity contribution >= 4 is 21.6 Å². The second-order valence-corrected chi connectivity index (χ2v) is 5.74. The van der Waals surface area contributed by atoms with Crippen molar-refractivity contribution in [1.82, 2.24) is 4.72 Å². The van der Waals surface area contributed by atoms with E-state index in [4.69, 9.17) is 16.3 Å². The van der Waals surface area contributed by atoms with E-state index in [-0.39, 0.29) is 6.54 Å². The Labute approximate surface area is 115 Å². The highest BCUT2D eigenvalue weighted by Gasteiger charge is 2.18. The van der Waals surface area contributed by atoms with Crippen LogP contribution in [0.25, 0.3) is 0 Å². The molecule has 1 N–H and O–H groups in total. The van der Waals surface area contributed by atoms with Crippen molar-refractivity contribution in [2.75, 3.05) is 25.6 Å². The molecular formula is C11H14ClF2NO3S.